The minimum Gasteiger partial charge on any atom is -0.327 e. The Hall–Kier alpha value is -3.16. The molecule has 2 atom stereocenters. The minimum absolute atomic E-state index is 0.550. The zero-order valence-corrected chi connectivity index (χ0v) is 23.4. The number of fused-ring (bicyclic) bond motifs is 1. The van der Waals surface area contributed by atoms with E-state index in [9.17, 15) is 0 Å². The van der Waals surface area contributed by atoms with Crippen LogP contribution in [0.1, 0.15) is 70.6 Å². The standard InChI is InChI=1S/C38H43N/c39-27-7-6-8-28-13-15-30(16-14-28)32-19-23-34(24-20-32)36-26-25-35(37-11-4-5-12-38(36)37)33-21-17-31(18-22-33)29-9-2-1-3-10-29/h1-2,4,6-7,9,11,13,15-19,21,23,28,33H,3,5,8,10,12,14,20,22,24-27,39H2/b7-6-. The molecule has 0 amide bonds. The van der Waals surface area contributed by atoms with Crippen LogP contribution >= 0.6 is 0 Å². The van der Waals surface area contributed by atoms with E-state index in [2.05, 4.69) is 91.1 Å². The van der Waals surface area contributed by atoms with Gasteiger partial charge in [0.25, 0.3) is 0 Å². The molecule has 0 aromatic heterocycles. The highest BCUT2D eigenvalue weighted by Crippen LogP contribution is 2.45. The van der Waals surface area contributed by atoms with Crippen LogP contribution in [-0.2, 0) is 0 Å². The second-order valence-corrected chi connectivity index (χ2v) is 11.7. The Bertz CT molecular complexity index is 1350. The van der Waals surface area contributed by atoms with Crippen molar-refractivity contribution in [3.63, 3.8) is 0 Å². The van der Waals surface area contributed by atoms with Crippen molar-refractivity contribution in [2.75, 3.05) is 6.54 Å². The molecule has 0 aromatic carbocycles. The Kier molecular flexibility index (Phi) is 8.26. The van der Waals surface area contributed by atoms with E-state index in [4.69, 9.17) is 5.73 Å². The van der Waals surface area contributed by atoms with Gasteiger partial charge in [-0.1, -0.05) is 96.7 Å². The summed E-state index contributed by atoms with van der Waals surface area (Å²) in [4.78, 5) is 0. The second-order valence-electron chi connectivity index (χ2n) is 11.7. The van der Waals surface area contributed by atoms with Crippen LogP contribution < -0.4 is 5.73 Å². The molecule has 2 N–H and O–H groups in total. The van der Waals surface area contributed by atoms with Gasteiger partial charge in [-0.05, 0) is 121 Å². The van der Waals surface area contributed by atoms with Gasteiger partial charge in [-0.2, -0.15) is 0 Å². The van der Waals surface area contributed by atoms with E-state index in [1.54, 1.807) is 27.9 Å². The molecule has 0 aliphatic heterocycles. The van der Waals surface area contributed by atoms with Gasteiger partial charge in [0.1, 0.15) is 0 Å². The van der Waals surface area contributed by atoms with Crippen molar-refractivity contribution in [1.82, 2.24) is 0 Å². The molecule has 0 saturated carbocycles. The van der Waals surface area contributed by atoms with E-state index in [-0.39, 0.29) is 0 Å². The van der Waals surface area contributed by atoms with Gasteiger partial charge in [-0.25, -0.2) is 0 Å². The largest absolute Gasteiger partial charge is 0.327 e. The van der Waals surface area contributed by atoms with Crippen LogP contribution in [0.2, 0.25) is 0 Å². The molecule has 0 fully saturated rings. The summed E-state index contributed by atoms with van der Waals surface area (Å²) < 4.78 is 0. The first kappa shape index (κ1) is 26.1. The van der Waals surface area contributed by atoms with Crippen molar-refractivity contribution < 1.29 is 0 Å². The lowest BCUT2D eigenvalue weighted by molar-refractivity contribution is 0.663. The Morgan fingerprint density at radius 2 is 1.49 bits per heavy atom. The first-order chi connectivity index (χ1) is 19.3. The molecular formula is C38H43N. The van der Waals surface area contributed by atoms with Crippen molar-refractivity contribution >= 4 is 0 Å². The molecule has 1 nitrogen and oxygen atoms in total. The van der Waals surface area contributed by atoms with E-state index in [0.29, 0.717) is 18.4 Å². The van der Waals surface area contributed by atoms with Gasteiger partial charge in [-0.3, -0.25) is 0 Å². The fourth-order valence-corrected chi connectivity index (χ4v) is 7.10. The third-order valence-electron chi connectivity index (χ3n) is 9.30. The molecule has 0 heterocycles. The van der Waals surface area contributed by atoms with Gasteiger partial charge in [0.2, 0.25) is 0 Å². The molecule has 0 saturated heterocycles. The van der Waals surface area contributed by atoms with Crippen molar-refractivity contribution in [2.45, 2.75) is 70.6 Å². The first-order valence-electron chi connectivity index (χ1n) is 15.3. The predicted molar refractivity (Wildman–Crippen MR) is 167 cm³/mol. The van der Waals surface area contributed by atoms with Crippen LogP contribution in [0.4, 0.5) is 0 Å². The average Bonchev–Trinajstić information content (AvgIpc) is 3.02. The Labute approximate surface area is 235 Å². The van der Waals surface area contributed by atoms with Crippen LogP contribution in [0.15, 0.2) is 141 Å². The summed E-state index contributed by atoms with van der Waals surface area (Å²) in [6, 6.07) is 0. The van der Waals surface area contributed by atoms with Crippen LogP contribution in [0.5, 0.6) is 0 Å². The van der Waals surface area contributed by atoms with Gasteiger partial charge in [0, 0.05) is 12.5 Å². The summed E-state index contributed by atoms with van der Waals surface area (Å²) >= 11 is 0. The maximum Gasteiger partial charge on any atom is 0.0106 e. The zero-order chi connectivity index (χ0) is 26.4. The lowest BCUT2D eigenvalue weighted by atomic mass is 9.72. The van der Waals surface area contributed by atoms with Gasteiger partial charge >= 0.3 is 0 Å². The molecular weight excluding hydrogens is 470 g/mol. The van der Waals surface area contributed by atoms with Crippen molar-refractivity contribution in [2.24, 2.45) is 17.6 Å². The van der Waals surface area contributed by atoms with Crippen LogP contribution in [0, 0.1) is 11.8 Å². The van der Waals surface area contributed by atoms with Gasteiger partial charge in [-0.15, -0.1) is 0 Å². The molecule has 1 heteroatoms. The number of hydrogen-bond donors (Lipinski definition) is 1. The molecule has 200 valence electrons. The van der Waals surface area contributed by atoms with E-state index < -0.39 is 0 Å². The third kappa shape index (κ3) is 5.89. The number of hydrogen-bond acceptors (Lipinski definition) is 1. The Morgan fingerprint density at radius 3 is 2.21 bits per heavy atom. The predicted octanol–water partition coefficient (Wildman–Crippen LogP) is 9.56. The number of allylic oxidation sites excluding steroid dienone is 23. The van der Waals surface area contributed by atoms with Crippen LogP contribution in [-0.4, -0.2) is 6.54 Å². The number of rotatable bonds is 7. The molecule has 0 spiro atoms. The summed E-state index contributed by atoms with van der Waals surface area (Å²) in [6.45, 7) is 0.638. The fraction of sp³-hybridized carbons (Fsp3) is 0.368. The highest BCUT2D eigenvalue weighted by Gasteiger charge is 2.28. The molecule has 0 radical (unpaired) electrons. The average molecular weight is 514 g/mol. The first-order valence-corrected chi connectivity index (χ1v) is 15.3. The van der Waals surface area contributed by atoms with Gasteiger partial charge < -0.3 is 5.73 Å². The fourth-order valence-electron chi connectivity index (χ4n) is 7.10. The van der Waals surface area contributed by atoms with Gasteiger partial charge in [0.05, 0.1) is 0 Å². The maximum absolute atomic E-state index is 5.59. The molecule has 39 heavy (non-hydrogen) atoms. The summed E-state index contributed by atoms with van der Waals surface area (Å²) in [5.41, 5.74) is 19.6. The summed E-state index contributed by atoms with van der Waals surface area (Å²) in [6.07, 6.45) is 48.2. The zero-order valence-electron chi connectivity index (χ0n) is 23.4. The highest BCUT2D eigenvalue weighted by atomic mass is 14.5. The quantitative estimate of drug-likeness (QED) is 0.337. The lowest BCUT2D eigenvalue weighted by Gasteiger charge is -2.33. The molecule has 0 bridgehead atoms. The maximum atomic E-state index is 5.59. The minimum atomic E-state index is 0.550. The lowest BCUT2D eigenvalue weighted by Crippen LogP contribution is -2.16. The highest BCUT2D eigenvalue weighted by molar-refractivity contribution is 5.59. The summed E-state index contributed by atoms with van der Waals surface area (Å²) in [5, 5.41) is 0. The van der Waals surface area contributed by atoms with Crippen molar-refractivity contribution in [3.8, 4) is 0 Å². The van der Waals surface area contributed by atoms with E-state index in [0.717, 1.165) is 25.7 Å². The Morgan fingerprint density at radius 1 is 0.692 bits per heavy atom. The number of nitrogens with two attached hydrogens (primary N) is 1. The molecule has 2 unspecified atom stereocenters. The van der Waals surface area contributed by atoms with Gasteiger partial charge in [0.15, 0.2) is 0 Å². The molecule has 6 aliphatic carbocycles. The van der Waals surface area contributed by atoms with E-state index >= 15 is 0 Å². The molecule has 0 aromatic rings. The SMILES string of the molecule is NC/C=C\CC1C=CC(C2=CC=C(C3=C4CCC=CC4=C(C4C=CC(C5=CC=CCC5)=CC4)CC3)CC2)=CC1. The summed E-state index contributed by atoms with van der Waals surface area (Å²) in [7, 11) is 0. The van der Waals surface area contributed by atoms with Crippen molar-refractivity contribution in [3.05, 3.63) is 141 Å². The monoisotopic (exact) mass is 513 g/mol. The second kappa shape index (κ2) is 12.3. The molecule has 6 aliphatic rings. The Balaban J connectivity index is 1.18. The normalized spacial score (nSPS) is 26.8. The third-order valence-corrected chi connectivity index (χ3v) is 9.30. The van der Waals surface area contributed by atoms with Crippen LogP contribution in [0.3, 0.4) is 0 Å². The van der Waals surface area contributed by atoms with Crippen molar-refractivity contribution in [1.29, 1.82) is 0 Å². The van der Waals surface area contributed by atoms with E-state index in [1.165, 1.54) is 67.2 Å². The van der Waals surface area contributed by atoms with E-state index in [1.807, 2.05) is 0 Å². The molecule has 6 rings (SSSR count). The smallest absolute Gasteiger partial charge is 0.0106 e. The van der Waals surface area contributed by atoms with Crippen LogP contribution in [0.25, 0.3) is 0 Å². The summed E-state index contributed by atoms with van der Waals surface area (Å²) in [5.74, 6) is 1.16. The topological polar surface area (TPSA) is 26.0 Å².